The topological polar surface area (TPSA) is 54.3 Å². The highest BCUT2D eigenvalue weighted by atomic mass is 16.5. The Hall–Kier alpha value is -2.69. The second-order valence-electron chi connectivity index (χ2n) is 4.62. The summed E-state index contributed by atoms with van der Waals surface area (Å²) in [6.45, 7) is 0. The summed E-state index contributed by atoms with van der Waals surface area (Å²) in [6, 6.07) is 14.6. The first-order chi connectivity index (χ1) is 10.1. The lowest BCUT2D eigenvalue weighted by molar-refractivity contribution is 0.0601. The van der Waals surface area contributed by atoms with Crippen molar-refractivity contribution in [1.82, 2.24) is 0 Å². The number of carbonyl (C=O) groups excluding carboxylic acids is 1. The maximum atomic E-state index is 11.6. The van der Waals surface area contributed by atoms with Gasteiger partial charge in [-0.05, 0) is 36.4 Å². The molecule has 0 saturated carbocycles. The molecule has 0 aromatic heterocycles. The summed E-state index contributed by atoms with van der Waals surface area (Å²) >= 11 is 0. The van der Waals surface area contributed by atoms with Crippen molar-refractivity contribution in [3.05, 3.63) is 54.1 Å². The minimum Gasteiger partial charge on any atom is -0.465 e. The van der Waals surface area contributed by atoms with Crippen LogP contribution in [-0.4, -0.2) is 27.2 Å². The maximum absolute atomic E-state index is 11.6. The fourth-order valence-corrected chi connectivity index (χ4v) is 1.77. The second-order valence-corrected chi connectivity index (χ2v) is 4.62. The van der Waals surface area contributed by atoms with Gasteiger partial charge in [0.05, 0.1) is 18.4 Å². The number of rotatable bonds is 4. The Bertz CT molecular complexity index is 649. The van der Waals surface area contributed by atoms with E-state index in [0.29, 0.717) is 11.3 Å². The number of anilines is 1. The van der Waals surface area contributed by atoms with E-state index in [1.54, 1.807) is 24.3 Å². The molecule has 0 atom stereocenters. The van der Waals surface area contributed by atoms with Crippen LogP contribution in [0.4, 0.5) is 17.1 Å². The molecule has 2 aromatic rings. The van der Waals surface area contributed by atoms with E-state index < -0.39 is 5.97 Å². The first kappa shape index (κ1) is 14.7. The van der Waals surface area contributed by atoms with Gasteiger partial charge < -0.3 is 9.64 Å². The van der Waals surface area contributed by atoms with Crippen LogP contribution in [-0.2, 0) is 4.74 Å². The van der Waals surface area contributed by atoms with Gasteiger partial charge in [-0.1, -0.05) is 12.1 Å². The fraction of sp³-hybridized carbons (Fsp3) is 0.188. The van der Waals surface area contributed by atoms with E-state index in [1.807, 2.05) is 43.3 Å². The van der Waals surface area contributed by atoms with Crippen LogP contribution in [0.5, 0.6) is 0 Å². The molecule has 0 N–H and O–H groups in total. The highest BCUT2D eigenvalue weighted by molar-refractivity contribution is 5.94. The van der Waals surface area contributed by atoms with E-state index in [0.717, 1.165) is 11.4 Å². The lowest BCUT2D eigenvalue weighted by Crippen LogP contribution is -2.07. The Morgan fingerprint density at radius 3 is 2.29 bits per heavy atom. The molecule has 0 heterocycles. The molecule has 0 fully saturated rings. The number of benzene rings is 2. The van der Waals surface area contributed by atoms with Gasteiger partial charge in [0.2, 0.25) is 0 Å². The number of nitrogens with zero attached hydrogens (tertiary/aromatic N) is 3. The van der Waals surface area contributed by atoms with Crippen LogP contribution in [0.2, 0.25) is 0 Å². The van der Waals surface area contributed by atoms with Crippen molar-refractivity contribution < 1.29 is 9.53 Å². The zero-order chi connectivity index (χ0) is 15.2. The average molecular weight is 283 g/mol. The van der Waals surface area contributed by atoms with E-state index in [2.05, 4.69) is 10.2 Å². The third-order valence-corrected chi connectivity index (χ3v) is 2.95. The van der Waals surface area contributed by atoms with Crippen molar-refractivity contribution >= 4 is 23.0 Å². The van der Waals surface area contributed by atoms with Gasteiger partial charge >= 0.3 is 5.97 Å². The van der Waals surface area contributed by atoms with Crippen molar-refractivity contribution in [2.75, 3.05) is 26.1 Å². The molecule has 0 bridgehead atoms. The summed E-state index contributed by atoms with van der Waals surface area (Å²) in [6.07, 6.45) is 0. The summed E-state index contributed by atoms with van der Waals surface area (Å²) in [7, 11) is 5.29. The molecule has 5 heteroatoms. The van der Waals surface area contributed by atoms with Crippen molar-refractivity contribution in [2.24, 2.45) is 10.2 Å². The third-order valence-electron chi connectivity index (χ3n) is 2.95. The first-order valence-corrected chi connectivity index (χ1v) is 6.48. The average Bonchev–Trinajstić information content (AvgIpc) is 2.52. The SMILES string of the molecule is COC(=O)c1ccccc1N=Nc1ccc(N(C)C)cc1. The van der Waals surface area contributed by atoms with Crippen LogP contribution < -0.4 is 4.90 Å². The molecule has 0 amide bonds. The minimum absolute atomic E-state index is 0.397. The largest absolute Gasteiger partial charge is 0.465 e. The van der Waals surface area contributed by atoms with Crippen molar-refractivity contribution in [2.45, 2.75) is 0 Å². The van der Waals surface area contributed by atoms with Crippen molar-refractivity contribution in [3.63, 3.8) is 0 Å². The van der Waals surface area contributed by atoms with E-state index >= 15 is 0 Å². The van der Waals surface area contributed by atoms with E-state index in [-0.39, 0.29) is 0 Å². The van der Waals surface area contributed by atoms with Crippen LogP contribution in [0.15, 0.2) is 58.8 Å². The molecule has 0 aliphatic heterocycles. The van der Waals surface area contributed by atoms with Crippen LogP contribution >= 0.6 is 0 Å². The van der Waals surface area contributed by atoms with Crippen LogP contribution in [0, 0.1) is 0 Å². The van der Waals surface area contributed by atoms with E-state index in [9.17, 15) is 4.79 Å². The van der Waals surface area contributed by atoms with Gasteiger partial charge in [0.25, 0.3) is 0 Å². The van der Waals surface area contributed by atoms with Gasteiger partial charge in [0, 0.05) is 19.8 Å². The minimum atomic E-state index is -0.424. The Morgan fingerprint density at radius 1 is 1.00 bits per heavy atom. The summed E-state index contributed by atoms with van der Waals surface area (Å²) in [5.41, 5.74) is 2.69. The summed E-state index contributed by atoms with van der Waals surface area (Å²) in [5, 5.41) is 8.28. The zero-order valence-corrected chi connectivity index (χ0v) is 12.3. The van der Waals surface area contributed by atoms with Crippen LogP contribution in [0.25, 0.3) is 0 Å². The highest BCUT2D eigenvalue weighted by Gasteiger charge is 2.10. The molecule has 108 valence electrons. The lowest BCUT2D eigenvalue weighted by Gasteiger charge is -2.11. The van der Waals surface area contributed by atoms with Crippen molar-refractivity contribution in [1.29, 1.82) is 0 Å². The number of carbonyl (C=O) groups is 1. The molecule has 21 heavy (non-hydrogen) atoms. The first-order valence-electron chi connectivity index (χ1n) is 6.48. The van der Waals surface area contributed by atoms with E-state index in [4.69, 9.17) is 4.74 Å². The Kier molecular flexibility index (Phi) is 4.66. The molecule has 0 aliphatic carbocycles. The molecular weight excluding hydrogens is 266 g/mol. The summed E-state index contributed by atoms with van der Waals surface area (Å²) < 4.78 is 4.72. The van der Waals surface area contributed by atoms with Gasteiger partial charge in [-0.3, -0.25) is 0 Å². The van der Waals surface area contributed by atoms with Crippen LogP contribution in [0.1, 0.15) is 10.4 Å². The molecule has 0 aliphatic rings. The quantitative estimate of drug-likeness (QED) is 0.630. The Morgan fingerprint density at radius 2 is 1.67 bits per heavy atom. The molecule has 5 nitrogen and oxygen atoms in total. The molecule has 2 aromatic carbocycles. The number of esters is 1. The van der Waals surface area contributed by atoms with Gasteiger partial charge in [-0.15, -0.1) is 5.11 Å². The lowest BCUT2D eigenvalue weighted by atomic mass is 10.2. The van der Waals surface area contributed by atoms with Gasteiger partial charge in [0.15, 0.2) is 0 Å². The van der Waals surface area contributed by atoms with Gasteiger partial charge in [-0.25, -0.2) is 4.79 Å². The maximum Gasteiger partial charge on any atom is 0.340 e. The Balaban J connectivity index is 2.23. The van der Waals surface area contributed by atoms with Crippen LogP contribution in [0.3, 0.4) is 0 Å². The predicted octanol–water partition coefficient (Wildman–Crippen LogP) is 3.95. The number of ether oxygens (including phenoxy) is 1. The summed E-state index contributed by atoms with van der Waals surface area (Å²) in [4.78, 5) is 13.6. The normalized spacial score (nSPS) is 10.6. The number of hydrogen-bond acceptors (Lipinski definition) is 5. The fourth-order valence-electron chi connectivity index (χ4n) is 1.77. The molecule has 0 spiro atoms. The van der Waals surface area contributed by atoms with Gasteiger partial charge in [0.1, 0.15) is 5.69 Å². The standard InChI is InChI=1S/C16H17N3O2/c1-19(2)13-10-8-12(9-11-13)17-18-15-7-5-4-6-14(15)16(20)21-3/h4-11H,1-3H3. The molecule has 2 rings (SSSR count). The monoisotopic (exact) mass is 283 g/mol. The van der Waals surface area contributed by atoms with Gasteiger partial charge in [-0.2, -0.15) is 5.11 Å². The predicted molar refractivity (Wildman–Crippen MR) is 82.7 cm³/mol. The zero-order valence-electron chi connectivity index (χ0n) is 12.3. The molecule has 0 unspecified atom stereocenters. The second kappa shape index (κ2) is 6.65. The molecule has 0 saturated heterocycles. The number of azo groups is 1. The Labute approximate surface area is 123 Å². The smallest absolute Gasteiger partial charge is 0.340 e. The molecular formula is C16H17N3O2. The van der Waals surface area contributed by atoms with Crippen molar-refractivity contribution in [3.8, 4) is 0 Å². The highest BCUT2D eigenvalue weighted by Crippen LogP contribution is 2.24. The number of methoxy groups -OCH3 is 1. The number of hydrogen-bond donors (Lipinski definition) is 0. The third kappa shape index (κ3) is 3.66. The van der Waals surface area contributed by atoms with E-state index in [1.165, 1.54) is 7.11 Å². The summed E-state index contributed by atoms with van der Waals surface area (Å²) in [5.74, 6) is -0.424. The molecule has 0 radical (unpaired) electrons.